The minimum absolute atomic E-state index is 0.694. The van der Waals surface area contributed by atoms with Crippen LogP contribution in [-0.4, -0.2) is 36.8 Å². The Morgan fingerprint density at radius 2 is 1.36 bits per heavy atom. The lowest BCUT2D eigenvalue weighted by Gasteiger charge is -2.11. The summed E-state index contributed by atoms with van der Waals surface area (Å²) >= 11 is 0. The van der Waals surface area contributed by atoms with Gasteiger partial charge in [0.05, 0.1) is 0 Å². The van der Waals surface area contributed by atoms with Gasteiger partial charge in [-0.1, -0.05) is 0 Å². The molecule has 0 rings (SSSR count). The molecule has 68 valence electrons. The van der Waals surface area contributed by atoms with Crippen LogP contribution in [0.5, 0.6) is 0 Å². The average Bonchev–Trinajstić information content (AvgIpc) is 1.56. The summed E-state index contributed by atoms with van der Waals surface area (Å²) in [5.41, 5.74) is 1.54. The van der Waals surface area contributed by atoms with E-state index in [1.807, 2.05) is 0 Å². The van der Waals surface area contributed by atoms with Gasteiger partial charge in [-0.3, -0.25) is 9.11 Å². The Balaban J connectivity index is 5.05. The Bertz CT molecular complexity index is 280. The maximum atomic E-state index is 10.1. The maximum absolute atomic E-state index is 10.1. The zero-order valence-corrected chi connectivity index (χ0v) is 6.92. The van der Waals surface area contributed by atoms with Crippen molar-refractivity contribution in [3.8, 4) is 0 Å². The van der Waals surface area contributed by atoms with Crippen LogP contribution in [0.3, 0.4) is 0 Å². The normalized spacial score (nSPS) is 13.8. The van der Waals surface area contributed by atoms with Gasteiger partial charge >= 0.3 is 20.6 Å². The quantitative estimate of drug-likeness (QED) is 0.361. The van der Waals surface area contributed by atoms with Gasteiger partial charge in [-0.05, 0) is 0 Å². The van der Waals surface area contributed by atoms with Gasteiger partial charge in [0.15, 0.2) is 0 Å². The third-order valence-electron chi connectivity index (χ3n) is 0.602. The lowest BCUT2D eigenvalue weighted by Crippen LogP contribution is -2.44. The first-order valence-electron chi connectivity index (χ1n) is 2.12. The molecule has 0 atom stereocenters. The smallest absolute Gasteiger partial charge is 0.272 e. The molecule has 0 saturated heterocycles. The topological polar surface area (TPSA) is 124 Å². The highest BCUT2D eigenvalue weighted by molar-refractivity contribution is 7.98. The first-order chi connectivity index (χ1) is 4.69. The van der Waals surface area contributed by atoms with E-state index in [1.165, 1.54) is 5.43 Å². The fraction of sp³-hybridized carbons (Fsp3) is 1.00. The van der Waals surface area contributed by atoms with Crippen LogP contribution in [0, 0.1) is 0 Å². The molecule has 0 unspecified atom stereocenters. The summed E-state index contributed by atoms with van der Waals surface area (Å²) in [7, 11) is -9.09. The number of hydrogen-bond acceptors (Lipinski definition) is 5. The molecule has 0 bridgehead atoms. The van der Waals surface area contributed by atoms with Crippen LogP contribution in [-0.2, 0) is 20.6 Å². The van der Waals surface area contributed by atoms with Crippen molar-refractivity contribution < 1.29 is 25.9 Å². The Kier molecular flexibility index (Phi) is 2.93. The van der Waals surface area contributed by atoms with Gasteiger partial charge in [-0.15, -0.1) is 0 Å². The average molecular weight is 206 g/mol. The summed E-state index contributed by atoms with van der Waals surface area (Å²) in [6.45, 7) is 0. The second-order valence-electron chi connectivity index (χ2n) is 1.38. The Labute approximate surface area is 63.5 Å². The van der Waals surface area contributed by atoms with Crippen LogP contribution < -0.4 is 5.43 Å². The molecule has 0 aromatic carbocycles. The Morgan fingerprint density at radius 1 is 1.09 bits per heavy atom. The summed E-state index contributed by atoms with van der Waals surface area (Å²) < 4.78 is 55.9. The third kappa shape index (κ3) is 3.09. The van der Waals surface area contributed by atoms with E-state index in [-0.39, 0.29) is 0 Å². The van der Waals surface area contributed by atoms with Crippen LogP contribution in [0.25, 0.3) is 0 Å². The third-order valence-corrected chi connectivity index (χ3v) is 2.94. The molecule has 0 aromatic rings. The molecule has 0 saturated carbocycles. The van der Waals surface area contributed by atoms with Crippen molar-refractivity contribution in [1.29, 1.82) is 0 Å². The molecule has 0 aliphatic rings. The van der Waals surface area contributed by atoms with Crippen molar-refractivity contribution in [2.45, 2.75) is 0 Å². The molecule has 0 fully saturated rings. The monoisotopic (exact) mass is 206 g/mol. The first-order valence-corrected chi connectivity index (χ1v) is 4.91. The fourth-order valence-electron chi connectivity index (χ4n) is 0.350. The minimum Gasteiger partial charge on any atom is -0.272 e. The summed E-state index contributed by atoms with van der Waals surface area (Å²) in [5, 5.41) is 0. The number of nitrogens with zero attached hydrogens (tertiary/aromatic N) is 1. The van der Waals surface area contributed by atoms with E-state index >= 15 is 0 Å². The molecule has 11 heavy (non-hydrogen) atoms. The van der Waals surface area contributed by atoms with Crippen molar-refractivity contribution in [2.75, 3.05) is 7.05 Å². The fourth-order valence-corrected chi connectivity index (χ4v) is 1.76. The van der Waals surface area contributed by atoms with Gasteiger partial charge < -0.3 is 0 Å². The van der Waals surface area contributed by atoms with Gasteiger partial charge in [0, 0.05) is 10.9 Å². The predicted molar refractivity (Wildman–Crippen MR) is 34.0 cm³/mol. The van der Waals surface area contributed by atoms with Crippen LogP contribution in [0.4, 0.5) is 0 Å². The van der Waals surface area contributed by atoms with E-state index in [2.05, 4.69) is 0 Å². The molecule has 0 aliphatic carbocycles. The number of nitrogens with one attached hydrogen (secondary N) is 1. The van der Waals surface area contributed by atoms with E-state index in [9.17, 15) is 16.8 Å². The zero-order valence-electron chi connectivity index (χ0n) is 5.29. The van der Waals surface area contributed by atoms with Gasteiger partial charge in [0.1, 0.15) is 0 Å². The standard InChI is InChI=1S/CH6N2O6S2/c1-2-3(10(4,5)6)11(7,8)9/h2H,1H3,(H,4,5,6)(H,7,8,9). The van der Waals surface area contributed by atoms with E-state index in [0.717, 1.165) is 7.05 Å². The predicted octanol–water partition coefficient (Wildman–Crippen LogP) is -1.97. The second-order valence-corrected chi connectivity index (χ2v) is 4.13. The lowest BCUT2D eigenvalue weighted by molar-refractivity contribution is 0.353. The summed E-state index contributed by atoms with van der Waals surface area (Å²) in [5.74, 6) is 0. The van der Waals surface area contributed by atoms with Crippen LogP contribution in [0.15, 0.2) is 0 Å². The van der Waals surface area contributed by atoms with E-state index in [0.29, 0.717) is 0 Å². The molecular weight excluding hydrogens is 200 g/mol. The molecule has 0 radical (unpaired) electrons. The maximum Gasteiger partial charge on any atom is 0.364 e. The lowest BCUT2D eigenvalue weighted by atomic mass is 11.5. The van der Waals surface area contributed by atoms with Gasteiger partial charge in [0.25, 0.3) is 0 Å². The largest absolute Gasteiger partial charge is 0.364 e. The van der Waals surface area contributed by atoms with Crippen molar-refractivity contribution in [1.82, 2.24) is 9.25 Å². The SMILES string of the molecule is CNN(S(=O)(=O)O)S(=O)(=O)O. The minimum atomic E-state index is -4.99. The molecule has 0 spiro atoms. The van der Waals surface area contributed by atoms with Crippen LogP contribution in [0.1, 0.15) is 0 Å². The van der Waals surface area contributed by atoms with Gasteiger partial charge in [-0.2, -0.15) is 16.8 Å². The highest BCUT2D eigenvalue weighted by Crippen LogP contribution is 1.97. The van der Waals surface area contributed by atoms with E-state index < -0.39 is 24.4 Å². The van der Waals surface area contributed by atoms with Crippen molar-refractivity contribution >= 4 is 20.6 Å². The molecule has 10 heteroatoms. The van der Waals surface area contributed by atoms with Crippen molar-refractivity contribution in [3.05, 3.63) is 0 Å². The molecule has 8 nitrogen and oxygen atoms in total. The van der Waals surface area contributed by atoms with Gasteiger partial charge in [0.2, 0.25) is 0 Å². The van der Waals surface area contributed by atoms with Crippen LogP contribution in [0.2, 0.25) is 0 Å². The molecule has 0 amide bonds. The van der Waals surface area contributed by atoms with E-state index in [4.69, 9.17) is 9.11 Å². The van der Waals surface area contributed by atoms with Crippen molar-refractivity contribution in [2.24, 2.45) is 0 Å². The second kappa shape index (κ2) is 3.00. The summed E-state index contributed by atoms with van der Waals surface area (Å²) in [6, 6.07) is 0. The van der Waals surface area contributed by atoms with Crippen LogP contribution >= 0.6 is 0 Å². The zero-order chi connectivity index (χ0) is 9.28. The molecule has 0 heterocycles. The van der Waals surface area contributed by atoms with Gasteiger partial charge in [-0.25, -0.2) is 5.43 Å². The number of hydrogen-bond donors (Lipinski definition) is 3. The summed E-state index contributed by atoms with van der Waals surface area (Å²) in [6.07, 6.45) is 0. The Hall–Kier alpha value is -0.260. The highest BCUT2D eigenvalue weighted by atomic mass is 32.3. The summed E-state index contributed by atoms with van der Waals surface area (Å²) in [4.78, 5) is 0. The van der Waals surface area contributed by atoms with E-state index in [1.54, 1.807) is 0 Å². The highest BCUT2D eigenvalue weighted by Gasteiger charge is 2.29. The number of rotatable bonds is 3. The first kappa shape index (κ1) is 10.7. The molecule has 3 N–H and O–H groups in total. The molecule has 0 aliphatic heterocycles. The van der Waals surface area contributed by atoms with Crippen molar-refractivity contribution in [3.63, 3.8) is 0 Å². The number of hydrazine groups is 1. The molecular formula is CH6N2O6S2. The Morgan fingerprint density at radius 3 is 1.36 bits per heavy atom. The molecule has 0 aromatic heterocycles.